The Morgan fingerprint density at radius 2 is 2.07 bits per heavy atom. The Hall–Kier alpha value is -2.87. The number of hydrogen-bond acceptors (Lipinski definition) is 5. The van der Waals surface area contributed by atoms with E-state index in [4.69, 9.17) is 9.47 Å². The van der Waals surface area contributed by atoms with E-state index in [0.717, 1.165) is 17.7 Å². The first-order valence-corrected chi connectivity index (χ1v) is 8.90. The fourth-order valence-corrected chi connectivity index (χ4v) is 3.05. The van der Waals surface area contributed by atoms with E-state index in [1.165, 1.54) is 0 Å². The van der Waals surface area contributed by atoms with E-state index >= 15 is 0 Å². The average molecular weight is 372 g/mol. The van der Waals surface area contributed by atoms with Crippen LogP contribution in [-0.4, -0.2) is 60.4 Å². The molecule has 3 rings (SSSR count). The minimum absolute atomic E-state index is 0.141. The summed E-state index contributed by atoms with van der Waals surface area (Å²) < 4.78 is 11.9. The summed E-state index contributed by atoms with van der Waals surface area (Å²) >= 11 is 0. The smallest absolute Gasteiger partial charge is 0.272 e. The Morgan fingerprint density at radius 3 is 2.85 bits per heavy atom. The van der Waals surface area contributed by atoms with Gasteiger partial charge in [-0.3, -0.25) is 14.3 Å². The van der Waals surface area contributed by atoms with Crippen molar-refractivity contribution in [2.45, 2.75) is 19.5 Å². The van der Waals surface area contributed by atoms with E-state index in [9.17, 15) is 9.59 Å². The molecule has 2 aromatic rings. The maximum Gasteiger partial charge on any atom is 0.272 e. The van der Waals surface area contributed by atoms with Crippen LogP contribution >= 0.6 is 0 Å². The summed E-state index contributed by atoms with van der Waals surface area (Å²) in [5, 5.41) is 7.06. The van der Waals surface area contributed by atoms with Crippen molar-refractivity contribution in [1.82, 2.24) is 20.0 Å². The normalized spacial score (nSPS) is 13.4. The maximum atomic E-state index is 12.8. The van der Waals surface area contributed by atoms with E-state index in [1.807, 2.05) is 24.3 Å². The van der Waals surface area contributed by atoms with E-state index in [0.29, 0.717) is 38.5 Å². The van der Waals surface area contributed by atoms with Gasteiger partial charge in [0.2, 0.25) is 0 Å². The summed E-state index contributed by atoms with van der Waals surface area (Å²) in [7, 11) is 3.23. The van der Waals surface area contributed by atoms with Crippen molar-refractivity contribution in [1.29, 1.82) is 0 Å². The number of methoxy groups -OCH3 is 2. The molecule has 1 aliphatic rings. The van der Waals surface area contributed by atoms with E-state index in [-0.39, 0.29) is 17.5 Å². The molecule has 0 bridgehead atoms. The van der Waals surface area contributed by atoms with Crippen LogP contribution in [-0.2, 0) is 17.8 Å². The zero-order valence-electron chi connectivity index (χ0n) is 15.6. The highest BCUT2D eigenvalue weighted by Crippen LogP contribution is 2.22. The lowest BCUT2D eigenvalue weighted by atomic mass is 10.1. The molecule has 27 heavy (non-hydrogen) atoms. The zero-order chi connectivity index (χ0) is 19.2. The molecule has 0 atom stereocenters. The van der Waals surface area contributed by atoms with Crippen molar-refractivity contribution in [2.24, 2.45) is 0 Å². The maximum absolute atomic E-state index is 12.8. The van der Waals surface area contributed by atoms with Gasteiger partial charge in [-0.05, 0) is 12.5 Å². The summed E-state index contributed by atoms with van der Waals surface area (Å²) in [4.78, 5) is 26.8. The van der Waals surface area contributed by atoms with Gasteiger partial charge in [0.15, 0.2) is 5.69 Å². The molecule has 0 spiro atoms. The molecule has 0 radical (unpaired) electrons. The van der Waals surface area contributed by atoms with Crippen LogP contribution in [0.3, 0.4) is 0 Å². The molecule has 0 saturated heterocycles. The topological polar surface area (TPSA) is 85.7 Å². The van der Waals surface area contributed by atoms with Gasteiger partial charge in [0.05, 0.1) is 13.7 Å². The van der Waals surface area contributed by atoms with Gasteiger partial charge in [0.1, 0.15) is 11.4 Å². The molecule has 0 fully saturated rings. The first-order chi connectivity index (χ1) is 13.1. The number of nitrogens with one attached hydrogen (secondary N) is 1. The van der Waals surface area contributed by atoms with Crippen LogP contribution in [0.2, 0.25) is 0 Å². The number of rotatable bonds is 8. The van der Waals surface area contributed by atoms with Crippen LogP contribution in [0.5, 0.6) is 5.75 Å². The third-order valence-electron chi connectivity index (χ3n) is 4.47. The van der Waals surface area contributed by atoms with E-state index in [1.54, 1.807) is 29.9 Å². The molecular weight excluding hydrogens is 348 g/mol. The summed E-state index contributed by atoms with van der Waals surface area (Å²) in [6.07, 6.45) is 0.724. The van der Waals surface area contributed by atoms with Gasteiger partial charge in [-0.25, -0.2) is 0 Å². The number of nitrogens with zero attached hydrogens (tertiary/aromatic N) is 3. The highest BCUT2D eigenvalue weighted by molar-refractivity contribution is 5.98. The Labute approximate surface area is 158 Å². The first kappa shape index (κ1) is 18.9. The molecule has 0 aliphatic carbocycles. The van der Waals surface area contributed by atoms with Gasteiger partial charge in [-0.15, -0.1) is 0 Å². The predicted octanol–water partition coefficient (Wildman–Crippen LogP) is 1.31. The average Bonchev–Trinajstić information content (AvgIpc) is 3.13. The minimum atomic E-state index is -0.280. The summed E-state index contributed by atoms with van der Waals surface area (Å²) in [5.74, 6) is 0.329. The number of para-hydroxylation sites is 1. The van der Waals surface area contributed by atoms with Crippen LogP contribution in [0.4, 0.5) is 0 Å². The zero-order valence-corrected chi connectivity index (χ0v) is 15.6. The lowest BCUT2D eigenvalue weighted by Crippen LogP contribution is -2.39. The van der Waals surface area contributed by atoms with Crippen LogP contribution < -0.4 is 10.1 Å². The van der Waals surface area contributed by atoms with Crippen LogP contribution in [0, 0.1) is 0 Å². The summed E-state index contributed by atoms with van der Waals surface area (Å²) in [5.41, 5.74) is 1.63. The lowest BCUT2D eigenvalue weighted by molar-refractivity contribution is 0.0681. The molecule has 2 amide bonds. The third kappa shape index (κ3) is 4.28. The van der Waals surface area contributed by atoms with Crippen molar-refractivity contribution in [2.75, 3.05) is 33.9 Å². The molecule has 1 aromatic heterocycles. The Morgan fingerprint density at radius 1 is 1.26 bits per heavy atom. The Kier molecular flexibility index (Phi) is 6.08. The molecule has 8 heteroatoms. The molecule has 1 N–H and O–H groups in total. The number of carbonyl (C=O) groups excluding carboxylic acids is 2. The van der Waals surface area contributed by atoms with Gasteiger partial charge in [0.25, 0.3) is 11.8 Å². The standard InChI is InChI=1S/C19H24N4O4/c1-26-11-5-8-20-18(24)15-12-16-19(25)22(9-10-23(16)21-15)13-14-6-3-4-7-17(14)27-2/h3-4,6-7,12H,5,8-11,13H2,1-2H3,(H,20,24). The highest BCUT2D eigenvalue weighted by Gasteiger charge is 2.28. The molecule has 0 unspecified atom stereocenters. The number of carbonyl (C=O) groups is 2. The molecule has 2 heterocycles. The van der Waals surface area contributed by atoms with Crippen molar-refractivity contribution < 1.29 is 19.1 Å². The van der Waals surface area contributed by atoms with Gasteiger partial charge < -0.3 is 19.7 Å². The Bertz CT molecular complexity index is 818. The van der Waals surface area contributed by atoms with E-state index < -0.39 is 0 Å². The van der Waals surface area contributed by atoms with Crippen molar-refractivity contribution in [3.8, 4) is 5.75 Å². The summed E-state index contributed by atoms with van der Waals surface area (Å²) in [6, 6.07) is 9.19. The summed E-state index contributed by atoms with van der Waals surface area (Å²) in [6.45, 7) is 2.61. The van der Waals surface area contributed by atoms with E-state index in [2.05, 4.69) is 10.4 Å². The number of ether oxygens (including phenoxy) is 2. The predicted molar refractivity (Wildman–Crippen MR) is 98.8 cm³/mol. The van der Waals surface area contributed by atoms with Crippen LogP contribution in [0.15, 0.2) is 30.3 Å². The molecule has 0 saturated carbocycles. The monoisotopic (exact) mass is 372 g/mol. The second-order valence-electron chi connectivity index (χ2n) is 6.28. The van der Waals surface area contributed by atoms with Crippen LogP contribution in [0.25, 0.3) is 0 Å². The van der Waals surface area contributed by atoms with Crippen LogP contribution in [0.1, 0.15) is 33.0 Å². The number of fused-ring (bicyclic) bond motifs is 1. The van der Waals surface area contributed by atoms with Crippen molar-refractivity contribution in [3.05, 3.63) is 47.3 Å². The second kappa shape index (κ2) is 8.68. The Balaban J connectivity index is 1.68. The number of aromatic nitrogens is 2. The fraction of sp³-hybridized carbons (Fsp3) is 0.421. The minimum Gasteiger partial charge on any atom is -0.496 e. The number of amides is 2. The third-order valence-corrected chi connectivity index (χ3v) is 4.47. The van der Waals surface area contributed by atoms with Gasteiger partial charge in [-0.2, -0.15) is 5.10 Å². The van der Waals surface area contributed by atoms with Gasteiger partial charge in [-0.1, -0.05) is 18.2 Å². The number of benzene rings is 1. The largest absolute Gasteiger partial charge is 0.496 e. The first-order valence-electron chi connectivity index (χ1n) is 8.90. The molecule has 8 nitrogen and oxygen atoms in total. The molecule has 144 valence electrons. The van der Waals surface area contributed by atoms with Gasteiger partial charge in [0, 0.05) is 45.0 Å². The lowest BCUT2D eigenvalue weighted by Gasteiger charge is -2.28. The van der Waals surface area contributed by atoms with Gasteiger partial charge >= 0.3 is 0 Å². The second-order valence-corrected chi connectivity index (χ2v) is 6.28. The quantitative estimate of drug-likeness (QED) is 0.706. The molecule has 1 aliphatic heterocycles. The number of hydrogen-bond donors (Lipinski definition) is 1. The fourth-order valence-electron chi connectivity index (χ4n) is 3.05. The molecule has 1 aromatic carbocycles. The van der Waals surface area contributed by atoms with Crippen molar-refractivity contribution >= 4 is 11.8 Å². The SMILES string of the molecule is COCCCNC(=O)c1cc2n(n1)CCN(Cc1ccccc1OC)C2=O. The van der Waals surface area contributed by atoms with Crippen molar-refractivity contribution in [3.63, 3.8) is 0 Å². The highest BCUT2D eigenvalue weighted by atomic mass is 16.5. The molecular formula is C19H24N4O4.